The predicted octanol–water partition coefficient (Wildman–Crippen LogP) is 3.24. The molecule has 32 heavy (non-hydrogen) atoms. The number of aryl methyl sites for hydroxylation is 2. The van der Waals surface area contributed by atoms with Crippen molar-refractivity contribution >= 4 is 42.3 Å². The van der Waals surface area contributed by atoms with Gasteiger partial charge >= 0.3 is 0 Å². The Hall–Kier alpha value is -3.57. The summed E-state index contributed by atoms with van der Waals surface area (Å²) in [6, 6.07) is 13.4. The molecule has 164 valence electrons. The number of hydrogen-bond donors (Lipinski definition) is 2. The van der Waals surface area contributed by atoms with Crippen LogP contribution in [-0.4, -0.2) is 31.8 Å². The number of sulfonamides is 2. The summed E-state index contributed by atoms with van der Waals surface area (Å²) in [4.78, 5) is 12.3. The summed E-state index contributed by atoms with van der Waals surface area (Å²) >= 11 is 0. The lowest BCUT2D eigenvalue weighted by atomic mass is 10.2. The number of aromatic nitrogens is 3. The Kier molecular flexibility index (Phi) is 5.53. The Morgan fingerprint density at radius 2 is 1.56 bits per heavy atom. The van der Waals surface area contributed by atoms with Gasteiger partial charge in [0.1, 0.15) is 11.6 Å². The zero-order valence-electron chi connectivity index (χ0n) is 17.1. The molecular weight excluding hydrogens is 450 g/mol. The number of fused-ring (bicyclic) bond motifs is 1. The molecule has 0 saturated heterocycles. The minimum absolute atomic E-state index is 0.0365. The molecule has 2 aromatic carbocycles. The molecule has 0 aliphatic carbocycles. The molecule has 0 bridgehead atoms. The van der Waals surface area contributed by atoms with Gasteiger partial charge in [-0.15, -0.1) is 0 Å². The highest BCUT2D eigenvalue weighted by Gasteiger charge is 2.19. The maximum atomic E-state index is 12.9. The largest absolute Gasteiger partial charge is 0.280 e. The Balaban J connectivity index is 1.58. The summed E-state index contributed by atoms with van der Waals surface area (Å²) in [6.45, 7) is 3.40. The van der Waals surface area contributed by atoms with Crippen LogP contribution in [0.4, 0.5) is 11.5 Å². The third kappa shape index (κ3) is 4.53. The molecule has 0 amide bonds. The number of rotatable bonds is 6. The fourth-order valence-electron chi connectivity index (χ4n) is 3.21. The summed E-state index contributed by atoms with van der Waals surface area (Å²) in [5.41, 5.74) is 0.855. The quantitative estimate of drug-likeness (QED) is 0.443. The van der Waals surface area contributed by atoms with Gasteiger partial charge in [-0.1, -0.05) is 12.1 Å². The van der Waals surface area contributed by atoms with Gasteiger partial charge in [-0.05, 0) is 50.2 Å². The maximum Gasteiger partial charge on any atom is 0.263 e. The highest BCUT2D eigenvalue weighted by atomic mass is 32.2. The van der Waals surface area contributed by atoms with E-state index in [1.165, 1.54) is 42.6 Å². The van der Waals surface area contributed by atoms with Gasteiger partial charge in [0, 0.05) is 40.6 Å². The molecule has 4 rings (SSSR count). The van der Waals surface area contributed by atoms with Crippen LogP contribution in [0.1, 0.15) is 11.5 Å². The van der Waals surface area contributed by atoms with Crippen LogP contribution in [0.2, 0.25) is 0 Å². The molecule has 4 aromatic rings. The third-order valence-corrected chi connectivity index (χ3v) is 7.36. The molecular formula is C21H19N5O4S2. The number of hydrogen-bond acceptors (Lipinski definition) is 7. The smallest absolute Gasteiger partial charge is 0.263 e. The van der Waals surface area contributed by atoms with Crippen molar-refractivity contribution in [2.24, 2.45) is 0 Å². The van der Waals surface area contributed by atoms with E-state index in [-0.39, 0.29) is 21.3 Å². The Labute approximate surface area is 185 Å². The number of anilines is 2. The summed E-state index contributed by atoms with van der Waals surface area (Å²) in [5, 5.41) is 1.23. The molecule has 0 saturated carbocycles. The van der Waals surface area contributed by atoms with Crippen molar-refractivity contribution in [3.8, 4) is 0 Å². The molecule has 0 aliphatic rings. The second kappa shape index (κ2) is 8.17. The van der Waals surface area contributed by atoms with Crippen molar-refractivity contribution in [2.45, 2.75) is 23.6 Å². The van der Waals surface area contributed by atoms with Gasteiger partial charge < -0.3 is 0 Å². The van der Waals surface area contributed by atoms with E-state index < -0.39 is 20.0 Å². The Morgan fingerprint density at radius 3 is 2.28 bits per heavy atom. The van der Waals surface area contributed by atoms with Crippen LogP contribution in [0.15, 0.2) is 76.8 Å². The summed E-state index contributed by atoms with van der Waals surface area (Å²) in [5.74, 6) is 0.599. The predicted molar refractivity (Wildman–Crippen MR) is 121 cm³/mol. The van der Waals surface area contributed by atoms with E-state index in [2.05, 4.69) is 24.4 Å². The fraction of sp³-hybridized carbons (Fsp3) is 0.0952. The van der Waals surface area contributed by atoms with Gasteiger partial charge in [0.25, 0.3) is 20.0 Å². The number of nitrogens with zero attached hydrogens (tertiary/aromatic N) is 3. The summed E-state index contributed by atoms with van der Waals surface area (Å²) < 4.78 is 56.1. The van der Waals surface area contributed by atoms with E-state index in [1.54, 1.807) is 38.2 Å². The minimum atomic E-state index is -3.91. The SMILES string of the molecule is Cc1cc(NS(=O)(=O)c2ccc(NS(=O)(=O)c3cccc4cnccc34)cc2)nc(C)n1. The van der Waals surface area contributed by atoms with Crippen molar-refractivity contribution in [2.75, 3.05) is 9.44 Å². The van der Waals surface area contributed by atoms with E-state index >= 15 is 0 Å². The lowest BCUT2D eigenvalue weighted by Crippen LogP contribution is -2.16. The highest BCUT2D eigenvalue weighted by molar-refractivity contribution is 7.93. The molecule has 0 unspecified atom stereocenters. The number of pyridine rings is 1. The molecule has 2 aromatic heterocycles. The molecule has 0 aliphatic heterocycles. The molecule has 0 fully saturated rings. The summed E-state index contributed by atoms with van der Waals surface area (Å²) in [6.07, 6.45) is 3.11. The first kappa shape index (κ1) is 21.7. The summed E-state index contributed by atoms with van der Waals surface area (Å²) in [7, 11) is -7.82. The van der Waals surface area contributed by atoms with Crippen molar-refractivity contribution in [1.82, 2.24) is 15.0 Å². The van der Waals surface area contributed by atoms with Crippen LogP contribution < -0.4 is 9.44 Å². The number of nitrogens with one attached hydrogen (secondary N) is 2. The van der Waals surface area contributed by atoms with Crippen molar-refractivity contribution in [1.29, 1.82) is 0 Å². The van der Waals surface area contributed by atoms with Crippen molar-refractivity contribution in [3.63, 3.8) is 0 Å². The molecule has 2 heterocycles. The van der Waals surface area contributed by atoms with Gasteiger partial charge in [0.15, 0.2) is 0 Å². The van der Waals surface area contributed by atoms with Gasteiger partial charge in [0.05, 0.1) is 9.79 Å². The monoisotopic (exact) mass is 469 g/mol. The maximum absolute atomic E-state index is 12.9. The first-order valence-electron chi connectivity index (χ1n) is 9.45. The van der Waals surface area contributed by atoms with E-state index in [9.17, 15) is 16.8 Å². The number of benzene rings is 2. The van der Waals surface area contributed by atoms with Gasteiger partial charge in [-0.3, -0.25) is 14.4 Å². The zero-order chi connectivity index (χ0) is 22.9. The lowest BCUT2D eigenvalue weighted by Gasteiger charge is -2.12. The lowest BCUT2D eigenvalue weighted by molar-refractivity contribution is 0.600. The minimum Gasteiger partial charge on any atom is -0.280 e. The van der Waals surface area contributed by atoms with Crippen molar-refractivity contribution in [3.05, 3.63) is 78.5 Å². The van der Waals surface area contributed by atoms with Crippen molar-refractivity contribution < 1.29 is 16.8 Å². The second-order valence-electron chi connectivity index (χ2n) is 7.03. The molecule has 9 nitrogen and oxygen atoms in total. The van der Waals surface area contributed by atoms with Crippen LogP contribution in [0.5, 0.6) is 0 Å². The van der Waals surface area contributed by atoms with E-state index in [0.29, 0.717) is 22.3 Å². The zero-order valence-corrected chi connectivity index (χ0v) is 18.8. The van der Waals surface area contributed by atoms with E-state index in [4.69, 9.17) is 0 Å². The molecule has 0 spiro atoms. The Bertz CT molecular complexity index is 1490. The molecule has 2 N–H and O–H groups in total. The van der Waals surface area contributed by atoms with Crippen LogP contribution in [0, 0.1) is 13.8 Å². The van der Waals surface area contributed by atoms with Crippen LogP contribution in [0.25, 0.3) is 10.8 Å². The van der Waals surface area contributed by atoms with Crippen LogP contribution in [0.3, 0.4) is 0 Å². The molecule has 11 heteroatoms. The highest BCUT2D eigenvalue weighted by Crippen LogP contribution is 2.25. The normalized spacial score (nSPS) is 11.9. The third-order valence-electron chi connectivity index (χ3n) is 4.55. The van der Waals surface area contributed by atoms with Gasteiger partial charge in [-0.2, -0.15) is 0 Å². The fourth-order valence-corrected chi connectivity index (χ4v) is 5.49. The Morgan fingerprint density at radius 1 is 0.812 bits per heavy atom. The van der Waals surface area contributed by atoms with Crippen LogP contribution in [-0.2, 0) is 20.0 Å². The molecule has 0 radical (unpaired) electrons. The van der Waals surface area contributed by atoms with Gasteiger partial charge in [0.2, 0.25) is 0 Å². The standard InChI is InChI=1S/C21H19N5O4S2/c1-14-12-21(24-15(2)23-14)26-31(27,28)18-8-6-17(7-9-18)25-32(29,30)20-5-3-4-16-13-22-11-10-19(16)20/h3-13,25H,1-2H3,(H,23,24,26). The van der Waals surface area contributed by atoms with E-state index in [1.807, 2.05) is 0 Å². The average Bonchev–Trinajstić information content (AvgIpc) is 2.72. The van der Waals surface area contributed by atoms with Gasteiger partial charge in [-0.25, -0.2) is 26.8 Å². The average molecular weight is 470 g/mol. The topological polar surface area (TPSA) is 131 Å². The van der Waals surface area contributed by atoms with E-state index in [0.717, 1.165) is 0 Å². The van der Waals surface area contributed by atoms with Crippen LogP contribution >= 0.6 is 0 Å². The molecule has 0 atom stereocenters. The first-order valence-corrected chi connectivity index (χ1v) is 12.4. The first-order chi connectivity index (χ1) is 15.1. The second-order valence-corrected chi connectivity index (χ2v) is 10.4.